The van der Waals surface area contributed by atoms with Crippen LogP contribution in [0.15, 0.2) is 24.3 Å². The van der Waals surface area contributed by atoms with Crippen LogP contribution in [0, 0.1) is 5.92 Å². The van der Waals surface area contributed by atoms with Crippen LogP contribution in [0.2, 0.25) is 0 Å². The molecule has 1 atom stereocenters. The topological polar surface area (TPSA) is 50.4 Å². The van der Waals surface area contributed by atoms with Crippen molar-refractivity contribution < 1.29 is 9.53 Å². The first-order valence-electron chi connectivity index (χ1n) is 7.42. The van der Waals surface area contributed by atoms with Gasteiger partial charge in [0.25, 0.3) is 5.91 Å². The maximum atomic E-state index is 11.9. The Balaban J connectivity index is 1.58. The molecule has 2 aliphatic carbocycles. The van der Waals surface area contributed by atoms with E-state index >= 15 is 0 Å². The second kappa shape index (κ2) is 5.83. The highest BCUT2D eigenvalue weighted by molar-refractivity contribution is 5.94. The van der Waals surface area contributed by atoms with Gasteiger partial charge in [-0.15, -0.1) is 0 Å². The van der Waals surface area contributed by atoms with Crippen molar-refractivity contribution in [2.75, 3.05) is 19.0 Å². The van der Waals surface area contributed by atoms with Crippen molar-refractivity contribution in [2.45, 2.75) is 37.8 Å². The molecule has 2 aliphatic rings. The Morgan fingerprint density at radius 1 is 1.25 bits per heavy atom. The molecular formula is C16H22N2O2. The molecule has 0 radical (unpaired) electrons. The average molecular weight is 274 g/mol. The second-order valence-corrected chi connectivity index (χ2v) is 5.87. The van der Waals surface area contributed by atoms with Crippen molar-refractivity contribution in [2.24, 2.45) is 5.92 Å². The zero-order valence-electron chi connectivity index (χ0n) is 11.9. The lowest BCUT2D eigenvalue weighted by molar-refractivity contribution is 0.0951. The highest BCUT2D eigenvalue weighted by Gasteiger charge is 2.31. The molecular weight excluding hydrogens is 252 g/mol. The molecule has 2 N–H and O–H groups in total. The summed E-state index contributed by atoms with van der Waals surface area (Å²) >= 11 is 0. The minimum absolute atomic E-state index is 0.0367. The quantitative estimate of drug-likeness (QED) is 0.803. The van der Waals surface area contributed by atoms with Crippen molar-refractivity contribution in [1.29, 1.82) is 0 Å². The van der Waals surface area contributed by atoms with Gasteiger partial charge < -0.3 is 15.4 Å². The summed E-state index contributed by atoms with van der Waals surface area (Å²) in [6.07, 6.45) is 4.79. The summed E-state index contributed by atoms with van der Waals surface area (Å²) in [6.45, 7) is 0.731. The molecule has 0 heterocycles. The van der Waals surface area contributed by atoms with Gasteiger partial charge >= 0.3 is 0 Å². The van der Waals surface area contributed by atoms with Crippen molar-refractivity contribution in [3.8, 4) is 0 Å². The average Bonchev–Trinajstić information content (AvgIpc) is 3.33. The minimum atomic E-state index is 0.0367. The number of hydrogen-bond acceptors (Lipinski definition) is 3. The van der Waals surface area contributed by atoms with Gasteiger partial charge in [0, 0.05) is 24.4 Å². The molecule has 20 heavy (non-hydrogen) atoms. The molecule has 2 saturated carbocycles. The van der Waals surface area contributed by atoms with Crippen LogP contribution in [0.1, 0.15) is 36.0 Å². The van der Waals surface area contributed by atoms with E-state index in [-0.39, 0.29) is 5.91 Å². The zero-order valence-corrected chi connectivity index (χ0v) is 11.9. The van der Waals surface area contributed by atoms with Crippen LogP contribution in [0.25, 0.3) is 0 Å². The summed E-state index contributed by atoms with van der Waals surface area (Å²) in [4.78, 5) is 11.9. The van der Waals surface area contributed by atoms with Crippen molar-refractivity contribution >= 4 is 11.6 Å². The largest absolute Gasteiger partial charge is 0.383 e. The van der Waals surface area contributed by atoms with Gasteiger partial charge in [-0.1, -0.05) is 0 Å². The van der Waals surface area contributed by atoms with E-state index in [1.54, 1.807) is 7.11 Å². The molecule has 1 unspecified atom stereocenters. The highest BCUT2D eigenvalue weighted by Crippen LogP contribution is 2.34. The van der Waals surface area contributed by atoms with Gasteiger partial charge in [-0.25, -0.2) is 0 Å². The summed E-state index contributed by atoms with van der Waals surface area (Å²) in [5.74, 6) is 0.766. The third kappa shape index (κ3) is 3.51. The van der Waals surface area contributed by atoms with Gasteiger partial charge in [-0.2, -0.15) is 0 Å². The number of ether oxygens (including phenoxy) is 1. The Morgan fingerprint density at radius 2 is 1.95 bits per heavy atom. The molecule has 4 nitrogen and oxygen atoms in total. The normalized spacial score (nSPS) is 19.4. The number of amides is 1. The van der Waals surface area contributed by atoms with Crippen LogP contribution < -0.4 is 10.6 Å². The summed E-state index contributed by atoms with van der Waals surface area (Å²) in [6, 6.07) is 8.51. The van der Waals surface area contributed by atoms with Crippen LogP contribution in [0.5, 0.6) is 0 Å². The monoisotopic (exact) mass is 274 g/mol. The van der Waals surface area contributed by atoms with Crippen LogP contribution in [-0.4, -0.2) is 31.7 Å². The smallest absolute Gasteiger partial charge is 0.251 e. The van der Waals surface area contributed by atoms with Crippen LogP contribution in [0.3, 0.4) is 0 Å². The lowest BCUT2D eigenvalue weighted by Gasteiger charge is -2.18. The Kier molecular flexibility index (Phi) is 3.92. The lowest BCUT2D eigenvalue weighted by Crippen LogP contribution is -2.27. The summed E-state index contributed by atoms with van der Waals surface area (Å²) in [7, 11) is 1.74. The molecule has 0 aliphatic heterocycles. The fourth-order valence-corrected chi connectivity index (χ4v) is 2.40. The molecule has 4 heteroatoms. The Morgan fingerprint density at radius 3 is 2.50 bits per heavy atom. The number of rotatable bonds is 7. The van der Waals surface area contributed by atoms with E-state index in [0.29, 0.717) is 12.1 Å². The van der Waals surface area contributed by atoms with Crippen molar-refractivity contribution in [1.82, 2.24) is 5.32 Å². The Hall–Kier alpha value is -1.55. The van der Waals surface area contributed by atoms with Gasteiger partial charge in [-0.05, 0) is 55.9 Å². The van der Waals surface area contributed by atoms with E-state index in [4.69, 9.17) is 4.74 Å². The first-order chi connectivity index (χ1) is 9.76. The lowest BCUT2D eigenvalue weighted by atomic mass is 10.1. The summed E-state index contributed by atoms with van der Waals surface area (Å²) in [5, 5.41) is 6.50. The number of methoxy groups -OCH3 is 1. The maximum Gasteiger partial charge on any atom is 0.251 e. The fraction of sp³-hybridized carbons (Fsp3) is 0.562. The van der Waals surface area contributed by atoms with Crippen LogP contribution in [-0.2, 0) is 4.74 Å². The zero-order chi connectivity index (χ0) is 13.9. The number of anilines is 1. The van der Waals surface area contributed by atoms with E-state index in [1.807, 2.05) is 24.3 Å². The fourth-order valence-electron chi connectivity index (χ4n) is 2.40. The SMILES string of the molecule is COCC(Nc1ccc(C(=O)NC2CC2)cc1)C1CC1. The van der Waals surface area contributed by atoms with Gasteiger partial charge in [0.2, 0.25) is 0 Å². The third-order valence-corrected chi connectivity index (χ3v) is 3.95. The number of benzene rings is 1. The standard InChI is InChI=1S/C16H22N2O2/c1-20-10-15(11-2-3-11)17-13-6-4-12(5-7-13)16(19)18-14-8-9-14/h4-7,11,14-15,17H,2-3,8-10H2,1H3,(H,18,19). The van der Waals surface area contributed by atoms with Gasteiger partial charge in [0.1, 0.15) is 0 Å². The number of carbonyl (C=O) groups is 1. The predicted octanol–water partition coefficient (Wildman–Crippen LogP) is 2.42. The van der Waals surface area contributed by atoms with E-state index in [1.165, 1.54) is 12.8 Å². The first-order valence-corrected chi connectivity index (χ1v) is 7.42. The molecule has 0 spiro atoms. The van der Waals surface area contributed by atoms with E-state index < -0.39 is 0 Å². The molecule has 0 saturated heterocycles. The molecule has 3 rings (SSSR count). The van der Waals surface area contributed by atoms with Gasteiger partial charge in [0.15, 0.2) is 0 Å². The predicted molar refractivity (Wildman–Crippen MR) is 78.9 cm³/mol. The van der Waals surface area contributed by atoms with Gasteiger partial charge in [0.05, 0.1) is 12.6 Å². The summed E-state index contributed by atoms with van der Waals surface area (Å²) in [5.41, 5.74) is 1.79. The Bertz CT molecular complexity index is 464. The second-order valence-electron chi connectivity index (χ2n) is 5.87. The molecule has 1 aromatic carbocycles. The van der Waals surface area contributed by atoms with Gasteiger partial charge in [-0.3, -0.25) is 4.79 Å². The summed E-state index contributed by atoms with van der Waals surface area (Å²) < 4.78 is 5.26. The van der Waals surface area contributed by atoms with Crippen LogP contribution in [0.4, 0.5) is 5.69 Å². The van der Waals surface area contributed by atoms with E-state index in [0.717, 1.165) is 36.6 Å². The molecule has 0 bridgehead atoms. The number of carbonyl (C=O) groups excluding carboxylic acids is 1. The van der Waals surface area contributed by atoms with Crippen LogP contribution >= 0.6 is 0 Å². The molecule has 1 amide bonds. The molecule has 1 aromatic rings. The minimum Gasteiger partial charge on any atom is -0.383 e. The molecule has 0 aromatic heterocycles. The number of nitrogens with one attached hydrogen (secondary N) is 2. The first kappa shape index (κ1) is 13.4. The molecule has 2 fully saturated rings. The van der Waals surface area contributed by atoms with E-state index in [2.05, 4.69) is 10.6 Å². The third-order valence-electron chi connectivity index (χ3n) is 3.95. The maximum absolute atomic E-state index is 11.9. The Labute approximate surface area is 119 Å². The molecule has 108 valence electrons. The van der Waals surface area contributed by atoms with Crippen molar-refractivity contribution in [3.63, 3.8) is 0 Å². The highest BCUT2D eigenvalue weighted by atomic mass is 16.5. The van der Waals surface area contributed by atoms with Crippen molar-refractivity contribution in [3.05, 3.63) is 29.8 Å². The van der Waals surface area contributed by atoms with E-state index in [9.17, 15) is 4.79 Å². The number of hydrogen-bond donors (Lipinski definition) is 2.